The Hall–Kier alpha value is -1.86. The first-order valence-electron chi connectivity index (χ1n) is 11.1. The summed E-state index contributed by atoms with van der Waals surface area (Å²) in [4.78, 5) is 11.5. The van der Waals surface area contributed by atoms with Gasteiger partial charge >= 0.3 is 0 Å². The summed E-state index contributed by atoms with van der Waals surface area (Å²) in [7, 11) is 0. The van der Waals surface area contributed by atoms with Crippen molar-refractivity contribution in [1.29, 1.82) is 0 Å². The lowest BCUT2D eigenvalue weighted by molar-refractivity contribution is 0.0257. The van der Waals surface area contributed by atoms with Gasteiger partial charge in [0.25, 0.3) is 0 Å². The summed E-state index contributed by atoms with van der Waals surface area (Å²) < 4.78 is 5.60. The van der Waals surface area contributed by atoms with Crippen LogP contribution in [-0.2, 0) is 11.3 Å². The van der Waals surface area contributed by atoms with E-state index in [0.717, 1.165) is 69.3 Å². The van der Waals surface area contributed by atoms with Crippen LogP contribution in [0, 0.1) is 0 Å². The van der Waals surface area contributed by atoms with Crippen LogP contribution in [0.3, 0.4) is 0 Å². The molecule has 1 aromatic rings. The molecule has 0 radical (unpaired) electrons. The van der Waals surface area contributed by atoms with Crippen LogP contribution in [-0.4, -0.2) is 60.5 Å². The van der Waals surface area contributed by atoms with Gasteiger partial charge in [-0.1, -0.05) is 32.8 Å². The van der Waals surface area contributed by atoms with E-state index in [1.807, 2.05) is 13.1 Å². The van der Waals surface area contributed by atoms with Crippen molar-refractivity contribution in [2.45, 2.75) is 71.6 Å². The van der Waals surface area contributed by atoms with Crippen LogP contribution in [0.25, 0.3) is 0 Å². The third kappa shape index (κ3) is 7.82. The third-order valence-electron chi connectivity index (χ3n) is 5.15. The number of hydrogen-bond donors (Lipinski definition) is 3. The van der Waals surface area contributed by atoms with E-state index in [-0.39, 0.29) is 6.10 Å². The lowest BCUT2D eigenvalue weighted by Gasteiger charge is -2.32. The Bertz CT molecular complexity index is 614. The number of nitrogens with one attached hydrogen (secondary N) is 2. The molecule has 0 saturated carbocycles. The number of anilines is 1. The second-order valence-corrected chi connectivity index (χ2v) is 7.93. The maximum absolute atomic E-state index is 10.8. The molecule has 1 unspecified atom stereocenters. The van der Waals surface area contributed by atoms with Gasteiger partial charge in [0.05, 0.1) is 24.9 Å². The summed E-state index contributed by atoms with van der Waals surface area (Å²) in [5.41, 5.74) is 0.377. The maximum atomic E-state index is 10.8. The largest absolute Gasteiger partial charge is 0.388 e. The Balaban J connectivity index is 1.95. The van der Waals surface area contributed by atoms with Crippen molar-refractivity contribution in [2.75, 3.05) is 37.7 Å². The summed E-state index contributed by atoms with van der Waals surface area (Å²) in [5.74, 6) is 1.71. The molecule has 0 amide bonds. The van der Waals surface area contributed by atoms with Crippen molar-refractivity contribution in [3.05, 3.63) is 23.9 Å². The van der Waals surface area contributed by atoms with Crippen LogP contribution in [0.4, 0.5) is 5.82 Å². The zero-order valence-electron chi connectivity index (χ0n) is 18.6. The quantitative estimate of drug-likeness (QED) is 0.410. The minimum Gasteiger partial charge on any atom is -0.388 e. The van der Waals surface area contributed by atoms with Gasteiger partial charge in [-0.25, -0.2) is 9.98 Å². The van der Waals surface area contributed by atoms with Crippen molar-refractivity contribution >= 4 is 11.8 Å². The summed E-state index contributed by atoms with van der Waals surface area (Å²) in [6.45, 7) is 12.7. The van der Waals surface area contributed by atoms with Crippen LogP contribution < -0.4 is 15.5 Å². The number of morpholine rings is 1. The molecule has 7 nitrogen and oxygen atoms in total. The molecule has 1 fully saturated rings. The first-order valence-corrected chi connectivity index (χ1v) is 11.1. The van der Waals surface area contributed by atoms with Gasteiger partial charge in [-0.3, -0.25) is 0 Å². The molecule has 1 aliphatic heterocycles. The van der Waals surface area contributed by atoms with Crippen LogP contribution in [0.5, 0.6) is 0 Å². The second kappa shape index (κ2) is 12.0. The number of aliphatic hydroxyl groups is 1. The standard InChI is InChI=1S/C22H39N5O2/c1-5-10-22(28,11-6-2)17-26-21(23-7-3)25-15-19-8-9-20(24-14-19)27-12-13-29-18(4)16-27/h8-9,14,18,28H,5-7,10-13,15-17H2,1-4H3,(H2,23,25,26). The lowest BCUT2D eigenvalue weighted by Crippen LogP contribution is -2.47. The average Bonchev–Trinajstić information content (AvgIpc) is 2.71. The Labute approximate surface area is 176 Å². The molecule has 1 aliphatic rings. The van der Waals surface area contributed by atoms with E-state index in [1.54, 1.807) is 0 Å². The number of rotatable bonds is 10. The number of guanidine groups is 1. The van der Waals surface area contributed by atoms with Gasteiger partial charge in [0, 0.05) is 32.4 Å². The Morgan fingerprint density at radius 1 is 1.28 bits per heavy atom. The molecule has 0 bridgehead atoms. The van der Waals surface area contributed by atoms with Crippen molar-refractivity contribution in [3.63, 3.8) is 0 Å². The first kappa shape index (κ1) is 23.4. The highest BCUT2D eigenvalue weighted by molar-refractivity contribution is 5.79. The van der Waals surface area contributed by atoms with Crippen LogP contribution in [0.2, 0.25) is 0 Å². The fourth-order valence-electron chi connectivity index (χ4n) is 3.72. The lowest BCUT2D eigenvalue weighted by atomic mass is 9.93. The highest BCUT2D eigenvalue weighted by Crippen LogP contribution is 2.18. The van der Waals surface area contributed by atoms with Crippen molar-refractivity contribution in [1.82, 2.24) is 15.6 Å². The van der Waals surface area contributed by atoms with Gasteiger partial charge < -0.3 is 25.4 Å². The van der Waals surface area contributed by atoms with Gasteiger partial charge in [0.2, 0.25) is 0 Å². The smallest absolute Gasteiger partial charge is 0.191 e. The predicted octanol–water partition coefficient (Wildman–Crippen LogP) is 2.69. The highest BCUT2D eigenvalue weighted by atomic mass is 16.5. The molecule has 0 aliphatic carbocycles. The van der Waals surface area contributed by atoms with Gasteiger partial charge in [0.1, 0.15) is 5.82 Å². The number of hydrogen-bond acceptors (Lipinski definition) is 5. The Morgan fingerprint density at radius 2 is 2.03 bits per heavy atom. The number of aliphatic imine (C=N–C) groups is 1. The molecule has 2 rings (SSSR count). The summed E-state index contributed by atoms with van der Waals surface area (Å²) >= 11 is 0. The zero-order chi connectivity index (χ0) is 21.1. The topological polar surface area (TPSA) is 82.0 Å². The summed E-state index contributed by atoms with van der Waals surface area (Å²) in [5, 5.41) is 17.4. The SMILES string of the molecule is CCCC(O)(CCC)CNC(=NCc1ccc(N2CCOC(C)C2)nc1)NCC. The summed E-state index contributed by atoms with van der Waals surface area (Å²) in [6.07, 6.45) is 5.64. The van der Waals surface area contributed by atoms with Crippen molar-refractivity contribution in [3.8, 4) is 0 Å². The molecule has 0 aromatic carbocycles. The molecule has 2 heterocycles. The van der Waals surface area contributed by atoms with E-state index in [9.17, 15) is 5.11 Å². The normalized spacial score (nSPS) is 18.0. The van der Waals surface area contributed by atoms with E-state index in [0.29, 0.717) is 13.1 Å². The molecule has 7 heteroatoms. The second-order valence-electron chi connectivity index (χ2n) is 7.93. The monoisotopic (exact) mass is 405 g/mol. The fourth-order valence-corrected chi connectivity index (χ4v) is 3.72. The van der Waals surface area contributed by atoms with E-state index in [1.165, 1.54) is 0 Å². The summed E-state index contributed by atoms with van der Waals surface area (Å²) in [6, 6.07) is 4.14. The number of aromatic nitrogens is 1. The van der Waals surface area contributed by atoms with Crippen molar-refractivity contribution < 1.29 is 9.84 Å². The van der Waals surface area contributed by atoms with Gasteiger partial charge in [-0.2, -0.15) is 0 Å². The molecule has 164 valence electrons. The van der Waals surface area contributed by atoms with E-state index < -0.39 is 5.60 Å². The molecule has 1 aromatic heterocycles. The molecule has 1 atom stereocenters. The number of ether oxygens (including phenoxy) is 1. The van der Waals surface area contributed by atoms with Crippen molar-refractivity contribution in [2.24, 2.45) is 4.99 Å². The average molecular weight is 406 g/mol. The molecular formula is C22H39N5O2. The van der Waals surface area contributed by atoms with Gasteiger partial charge in [-0.05, 0) is 38.3 Å². The highest BCUT2D eigenvalue weighted by Gasteiger charge is 2.25. The van der Waals surface area contributed by atoms with Crippen LogP contribution >= 0.6 is 0 Å². The van der Waals surface area contributed by atoms with E-state index in [4.69, 9.17) is 4.74 Å². The Kier molecular flexibility index (Phi) is 9.67. The number of nitrogens with zero attached hydrogens (tertiary/aromatic N) is 3. The van der Waals surface area contributed by atoms with E-state index >= 15 is 0 Å². The number of pyridine rings is 1. The molecule has 0 spiro atoms. The fraction of sp³-hybridized carbons (Fsp3) is 0.727. The minimum absolute atomic E-state index is 0.239. The Morgan fingerprint density at radius 3 is 2.62 bits per heavy atom. The molecule has 29 heavy (non-hydrogen) atoms. The molecule has 1 saturated heterocycles. The first-order chi connectivity index (χ1) is 14.0. The maximum Gasteiger partial charge on any atom is 0.191 e. The van der Waals surface area contributed by atoms with Crippen LogP contribution in [0.1, 0.15) is 58.9 Å². The predicted molar refractivity (Wildman–Crippen MR) is 119 cm³/mol. The van der Waals surface area contributed by atoms with Gasteiger partial charge in [0.15, 0.2) is 5.96 Å². The van der Waals surface area contributed by atoms with Gasteiger partial charge in [-0.15, -0.1) is 0 Å². The third-order valence-corrected chi connectivity index (χ3v) is 5.15. The minimum atomic E-state index is -0.682. The molecule has 3 N–H and O–H groups in total. The molecular weight excluding hydrogens is 366 g/mol. The van der Waals surface area contributed by atoms with E-state index in [2.05, 4.69) is 58.4 Å². The van der Waals surface area contributed by atoms with Crippen LogP contribution in [0.15, 0.2) is 23.3 Å². The zero-order valence-corrected chi connectivity index (χ0v) is 18.6.